The first-order chi connectivity index (χ1) is 8.06. The predicted molar refractivity (Wildman–Crippen MR) is 63.6 cm³/mol. The minimum atomic E-state index is -0.205. The summed E-state index contributed by atoms with van der Waals surface area (Å²) in [5.74, 6) is -0.310. The van der Waals surface area contributed by atoms with Crippen molar-refractivity contribution in [1.29, 1.82) is 0 Å². The number of ether oxygens (including phenoxy) is 2. The molecule has 100 valence electrons. The molecule has 0 radical (unpaired) electrons. The van der Waals surface area contributed by atoms with Crippen molar-refractivity contribution in [2.75, 3.05) is 33.4 Å². The Kier molecular flexibility index (Phi) is 9.37. The molecule has 0 aliphatic carbocycles. The van der Waals surface area contributed by atoms with Gasteiger partial charge in [-0.2, -0.15) is 0 Å². The van der Waals surface area contributed by atoms with Gasteiger partial charge in [0.05, 0.1) is 12.7 Å². The molecule has 0 rings (SSSR count). The first kappa shape index (κ1) is 15.9. The summed E-state index contributed by atoms with van der Waals surface area (Å²) in [5.41, 5.74) is 0. The fourth-order valence-electron chi connectivity index (χ4n) is 0.990. The third kappa shape index (κ3) is 11.1. The molecule has 0 aromatic carbocycles. The van der Waals surface area contributed by atoms with Crippen LogP contribution in [0, 0.1) is 0 Å². The largest absolute Gasteiger partial charge is 0.383 e. The molecular weight excluding hydrogens is 224 g/mol. The minimum Gasteiger partial charge on any atom is -0.383 e. The minimum absolute atomic E-state index is 0.0260. The van der Waals surface area contributed by atoms with Gasteiger partial charge in [-0.05, 0) is 13.8 Å². The van der Waals surface area contributed by atoms with Crippen LogP contribution < -0.4 is 10.6 Å². The van der Waals surface area contributed by atoms with Crippen molar-refractivity contribution >= 4 is 11.8 Å². The molecule has 0 saturated heterocycles. The van der Waals surface area contributed by atoms with Gasteiger partial charge >= 0.3 is 0 Å². The van der Waals surface area contributed by atoms with Crippen molar-refractivity contribution in [1.82, 2.24) is 10.6 Å². The van der Waals surface area contributed by atoms with Gasteiger partial charge in [-0.3, -0.25) is 9.59 Å². The van der Waals surface area contributed by atoms with E-state index in [1.807, 2.05) is 13.8 Å². The van der Waals surface area contributed by atoms with E-state index in [1.54, 1.807) is 7.11 Å². The van der Waals surface area contributed by atoms with E-state index in [-0.39, 0.29) is 30.9 Å². The van der Waals surface area contributed by atoms with Gasteiger partial charge in [0.2, 0.25) is 11.8 Å². The summed E-state index contributed by atoms with van der Waals surface area (Å²) in [6.07, 6.45) is 0.287. The van der Waals surface area contributed by atoms with E-state index >= 15 is 0 Å². The smallest absolute Gasteiger partial charge is 0.246 e. The quantitative estimate of drug-likeness (QED) is 0.547. The summed E-state index contributed by atoms with van der Waals surface area (Å²) in [5, 5.41) is 5.26. The van der Waals surface area contributed by atoms with Crippen LogP contribution in [0.15, 0.2) is 0 Å². The molecular formula is C11H22N2O4. The third-order valence-electron chi connectivity index (χ3n) is 1.85. The van der Waals surface area contributed by atoms with Crippen molar-refractivity contribution in [3.63, 3.8) is 0 Å². The van der Waals surface area contributed by atoms with Crippen LogP contribution in [-0.4, -0.2) is 51.3 Å². The Hall–Kier alpha value is -1.14. The fourth-order valence-corrected chi connectivity index (χ4v) is 0.990. The summed E-state index contributed by atoms with van der Waals surface area (Å²) >= 11 is 0. The molecule has 17 heavy (non-hydrogen) atoms. The summed E-state index contributed by atoms with van der Waals surface area (Å²) < 4.78 is 9.90. The summed E-state index contributed by atoms with van der Waals surface area (Å²) in [6, 6.07) is 0. The Bertz CT molecular complexity index is 232. The molecule has 6 heteroatoms. The summed E-state index contributed by atoms with van der Waals surface area (Å²) in [7, 11) is 1.57. The molecule has 0 unspecified atom stereocenters. The fraction of sp³-hybridized carbons (Fsp3) is 0.818. The van der Waals surface area contributed by atoms with Crippen LogP contribution in [0.4, 0.5) is 0 Å². The standard InChI is InChI=1S/C11H22N2O4/c1-9(2)17-8-11(15)12-5-4-10(14)13-6-7-16-3/h9H,4-8H2,1-3H3,(H,12,15)(H,13,14). The zero-order valence-electron chi connectivity index (χ0n) is 10.7. The van der Waals surface area contributed by atoms with Crippen LogP contribution in [0.5, 0.6) is 0 Å². The average Bonchev–Trinajstić information content (AvgIpc) is 2.27. The van der Waals surface area contributed by atoms with Crippen LogP contribution in [0.2, 0.25) is 0 Å². The first-order valence-corrected chi connectivity index (χ1v) is 5.70. The van der Waals surface area contributed by atoms with E-state index in [9.17, 15) is 9.59 Å². The van der Waals surface area contributed by atoms with Gasteiger partial charge in [0.15, 0.2) is 0 Å². The van der Waals surface area contributed by atoms with Gasteiger partial charge in [0, 0.05) is 26.6 Å². The number of methoxy groups -OCH3 is 1. The molecule has 0 atom stereocenters. The van der Waals surface area contributed by atoms with Crippen molar-refractivity contribution in [3.8, 4) is 0 Å². The van der Waals surface area contributed by atoms with Crippen molar-refractivity contribution in [3.05, 3.63) is 0 Å². The monoisotopic (exact) mass is 246 g/mol. The maximum atomic E-state index is 11.2. The zero-order chi connectivity index (χ0) is 13.1. The summed E-state index contributed by atoms with van der Waals surface area (Å²) in [6.45, 7) is 5.04. The molecule has 6 nitrogen and oxygen atoms in total. The topological polar surface area (TPSA) is 76.7 Å². The molecule has 2 amide bonds. The summed E-state index contributed by atoms with van der Waals surface area (Å²) in [4.78, 5) is 22.4. The highest BCUT2D eigenvalue weighted by molar-refractivity contribution is 5.79. The van der Waals surface area contributed by atoms with Gasteiger partial charge < -0.3 is 20.1 Å². The Morgan fingerprint density at radius 1 is 1.12 bits per heavy atom. The Morgan fingerprint density at radius 3 is 2.35 bits per heavy atom. The predicted octanol–water partition coefficient (Wildman–Crippen LogP) is -0.320. The highest BCUT2D eigenvalue weighted by Gasteiger charge is 2.04. The van der Waals surface area contributed by atoms with Crippen molar-refractivity contribution in [2.45, 2.75) is 26.4 Å². The number of hydrogen-bond donors (Lipinski definition) is 2. The van der Waals surface area contributed by atoms with E-state index in [0.717, 1.165) is 0 Å². The number of amides is 2. The molecule has 0 aliphatic heterocycles. The second-order valence-corrected chi connectivity index (χ2v) is 3.80. The lowest BCUT2D eigenvalue weighted by Crippen LogP contribution is -2.34. The van der Waals surface area contributed by atoms with Gasteiger partial charge in [0.1, 0.15) is 6.61 Å². The van der Waals surface area contributed by atoms with Crippen molar-refractivity contribution in [2.24, 2.45) is 0 Å². The molecule has 0 spiro atoms. The molecule has 0 aromatic rings. The van der Waals surface area contributed by atoms with Gasteiger partial charge in [-0.15, -0.1) is 0 Å². The number of rotatable bonds is 9. The van der Waals surface area contributed by atoms with Gasteiger partial charge in [0.25, 0.3) is 0 Å². The maximum absolute atomic E-state index is 11.2. The van der Waals surface area contributed by atoms with Crippen LogP contribution in [0.25, 0.3) is 0 Å². The van der Waals surface area contributed by atoms with Crippen LogP contribution in [-0.2, 0) is 19.1 Å². The second-order valence-electron chi connectivity index (χ2n) is 3.80. The van der Waals surface area contributed by atoms with E-state index in [2.05, 4.69) is 10.6 Å². The molecule has 0 fully saturated rings. The van der Waals surface area contributed by atoms with Gasteiger partial charge in [-0.1, -0.05) is 0 Å². The molecule has 0 saturated carbocycles. The van der Waals surface area contributed by atoms with E-state index in [4.69, 9.17) is 9.47 Å². The van der Waals surface area contributed by atoms with E-state index < -0.39 is 0 Å². The highest BCUT2D eigenvalue weighted by atomic mass is 16.5. The molecule has 0 aromatic heterocycles. The SMILES string of the molecule is COCCNC(=O)CCNC(=O)COC(C)C. The molecule has 0 heterocycles. The first-order valence-electron chi connectivity index (χ1n) is 5.70. The molecule has 2 N–H and O–H groups in total. The number of carbonyl (C=O) groups is 2. The lowest BCUT2D eigenvalue weighted by Gasteiger charge is -2.08. The lowest BCUT2D eigenvalue weighted by atomic mass is 10.4. The average molecular weight is 246 g/mol. The van der Waals surface area contributed by atoms with Crippen LogP contribution >= 0.6 is 0 Å². The van der Waals surface area contributed by atoms with Crippen LogP contribution in [0.3, 0.4) is 0 Å². The van der Waals surface area contributed by atoms with Gasteiger partial charge in [-0.25, -0.2) is 0 Å². The Morgan fingerprint density at radius 2 is 1.76 bits per heavy atom. The maximum Gasteiger partial charge on any atom is 0.246 e. The normalized spacial score (nSPS) is 10.4. The zero-order valence-corrected chi connectivity index (χ0v) is 10.7. The van der Waals surface area contributed by atoms with Crippen molar-refractivity contribution < 1.29 is 19.1 Å². The number of carbonyl (C=O) groups excluding carboxylic acids is 2. The van der Waals surface area contributed by atoms with Crippen LogP contribution in [0.1, 0.15) is 20.3 Å². The Labute approximate surface area is 102 Å². The number of nitrogens with one attached hydrogen (secondary N) is 2. The molecule has 0 aliphatic rings. The second kappa shape index (κ2) is 10.0. The Balaban J connectivity index is 3.42. The lowest BCUT2D eigenvalue weighted by molar-refractivity contribution is -0.127. The highest BCUT2D eigenvalue weighted by Crippen LogP contribution is 1.86. The number of hydrogen-bond acceptors (Lipinski definition) is 4. The molecule has 0 bridgehead atoms. The van der Waals surface area contributed by atoms with E-state index in [0.29, 0.717) is 19.7 Å². The third-order valence-corrected chi connectivity index (χ3v) is 1.85. The van der Waals surface area contributed by atoms with E-state index in [1.165, 1.54) is 0 Å².